The molecule has 1 heterocycles. The van der Waals surface area contributed by atoms with E-state index in [2.05, 4.69) is 31.3 Å². The maximum Gasteiger partial charge on any atom is 0.137 e. The van der Waals surface area contributed by atoms with Gasteiger partial charge in [0.05, 0.1) is 12.1 Å². The molecule has 2 nitrogen and oxygen atoms in total. The Balaban J connectivity index is 2.19. The maximum absolute atomic E-state index is 6.26. The molecule has 0 amide bonds. The van der Waals surface area contributed by atoms with Gasteiger partial charge in [0.15, 0.2) is 0 Å². The predicted octanol–water partition coefficient (Wildman–Crippen LogP) is 4.09. The molecule has 0 saturated carbocycles. The van der Waals surface area contributed by atoms with E-state index in [1.165, 1.54) is 18.4 Å². The van der Waals surface area contributed by atoms with E-state index in [1.54, 1.807) is 7.11 Å². The number of hydrogen-bond donors (Lipinski definition) is 1. The van der Waals surface area contributed by atoms with Crippen molar-refractivity contribution in [3.05, 3.63) is 28.8 Å². The van der Waals surface area contributed by atoms with E-state index in [4.69, 9.17) is 16.3 Å². The maximum atomic E-state index is 6.26. The topological polar surface area (TPSA) is 21.3 Å². The molecular formula is C16H24ClNO. The van der Waals surface area contributed by atoms with Crippen LogP contribution in [0.3, 0.4) is 0 Å². The van der Waals surface area contributed by atoms with E-state index in [0.29, 0.717) is 11.8 Å². The number of nitrogens with one attached hydrogen (secondary N) is 1. The number of hydrogen-bond acceptors (Lipinski definition) is 2. The molecule has 0 spiro atoms. The van der Waals surface area contributed by atoms with Crippen LogP contribution in [0, 0.1) is 11.8 Å². The fourth-order valence-electron chi connectivity index (χ4n) is 3.13. The Hall–Kier alpha value is -0.730. The van der Waals surface area contributed by atoms with Crippen LogP contribution < -0.4 is 10.1 Å². The van der Waals surface area contributed by atoms with Crippen molar-refractivity contribution in [1.82, 2.24) is 5.32 Å². The van der Waals surface area contributed by atoms with Gasteiger partial charge in [-0.15, -0.1) is 0 Å². The van der Waals surface area contributed by atoms with E-state index in [1.807, 2.05) is 6.07 Å². The highest BCUT2D eigenvalue weighted by Crippen LogP contribution is 2.37. The van der Waals surface area contributed by atoms with Crippen LogP contribution in [-0.2, 0) is 0 Å². The van der Waals surface area contributed by atoms with Gasteiger partial charge in [0.2, 0.25) is 0 Å². The third-order valence-electron chi connectivity index (χ3n) is 3.99. The van der Waals surface area contributed by atoms with Gasteiger partial charge in [-0.2, -0.15) is 0 Å². The van der Waals surface area contributed by atoms with Gasteiger partial charge in [-0.3, -0.25) is 0 Å². The smallest absolute Gasteiger partial charge is 0.137 e. The molecule has 1 aliphatic heterocycles. The predicted molar refractivity (Wildman–Crippen MR) is 81.2 cm³/mol. The van der Waals surface area contributed by atoms with E-state index in [9.17, 15) is 0 Å². The van der Waals surface area contributed by atoms with E-state index in [-0.39, 0.29) is 0 Å². The third-order valence-corrected chi connectivity index (χ3v) is 4.28. The second-order valence-corrected chi connectivity index (χ2v) is 6.29. The lowest BCUT2D eigenvalue weighted by Gasteiger charge is -2.34. The van der Waals surface area contributed by atoms with Crippen molar-refractivity contribution in [3.63, 3.8) is 0 Å². The quantitative estimate of drug-likeness (QED) is 0.898. The molecule has 0 aromatic heterocycles. The number of benzene rings is 1. The Bertz CT molecular complexity index is 419. The van der Waals surface area contributed by atoms with Gasteiger partial charge in [-0.25, -0.2) is 0 Å². The Morgan fingerprint density at radius 3 is 2.84 bits per heavy atom. The molecule has 2 rings (SSSR count). The Morgan fingerprint density at radius 1 is 1.42 bits per heavy atom. The molecule has 1 fully saturated rings. The van der Waals surface area contributed by atoms with Crippen LogP contribution in [0.5, 0.6) is 5.75 Å². The minimum Gasteiger partial charge on any atom is -0.495 e. The van der Waals surface area contributed by atoms with E-state index >= 15 is 0 Å². The largest absolute Gasteiger partial charge is 0.495 e. The second kappa shape index (κ2) is 6.62. The van der Waals surface area contributed by atoms with Crippen molar-refractivity contribution in [2.75, 3.05) is 20.2 Å². The van der Waals surface area contributed by atoms with Gasteiger partial charge >= 0.3 is 0 Å². The summed E-state index contributed by atoms with van der Waals surface area (Å²) in [4.78, 5) is 0. The summed E-state index contributed by atoms with van der Waals surface area (Å²) in [6, 6.07) is 6.25. The number of halogens is 1. The highest BCUT2D eigenvalue weighted by molar-refractivity contribution is 6.32. The molecule has 1 N–H and O–H groups in total. The van der Waals surface area contributed by atoms with Gasteiger partial charge in [0.1, 0.15) is 5.75 Å². The van der Waals surface area contributed by atoms with Crippen molar-refractivity contribution in [1.29, 1.82) is 0 Å². The fourth-order valence-corrected chi connectivity index (χ4v) is 3.39. The zero-order valence-corrected chi connectivity index (χ0v) is 12.8. The number of piperidine rings is 1. The summed E-state index contributed by atoms with van der Waals surface area (Å²) in [6.45, 7) is 6.81. The van der Waals surface area contributed by atoms with Crippen LogP contribution in [0.1, 0.15) is 38.2 Å². The van der Waals surface area contributed by atoms with Crippen LogP contribution in [0.4, 0.5) is 0 Å². The first-order valence-electron chi connectivity index (χ1n) is 7.16. The average Bonchev–Trinajstić information content (AvgIpc) is 2.38. The van der Waals surface area contributed by atoms with Gasteiger partial charge in [0, 0.05) is 0 Å². The summed E-state index contributed by atoms with van der Waals surface area (Å²) in [6.07, 6.45) is 2.46. The highest BCUT2D eigenvalue weighted by atomic mass is 35.5. The molecule has 3 heteroatoms. The monoisotopic (exact) mass is 281 g/mol. The van der Waals surface area contributed by atoms with Crippen molar-refractivity contribution in [3.8, 4) is 5.75 Å². The molecule has 0 aliphatic carbocycles. The summed E-state index contributed by atoms with van der Waals surface area (Å²) in [7, 11) is 1.66. The second-order valence-electron chi connectivity index (χ2n) is 5.88. The molecular weight excluding hydrogens is 258 g/mol. The first kappa shape index (κ1) is 14.7. The van der Waals surface area contributed by atoms with Crippen LogP contribution >= 0.6 is 11.6 Å². The zero-order chi connectivity index (χ0) is 13.8. The molecule has 0 radical (unpaired) electrons. The van der Waals surface area contributed by atoms with Crippen LogP contribution in [0.2, 0.25) is 5.02 Å². The molecule has 1 saturated heterocycles. The number of methoxy groups -OCH3 is 1. The van der Waals surface area contributed by atoms with Crippen LogP contribution in [0.15, 0.2) is 18.2 Å². The van der Waals surface area contributed by atoms with Gasteiger partial charge in [-0.05, 0) is 61.4 Å². The van der Waals surface area contributed by atoms with Crippen LogP contribution in [-0.4, -0.2) is 20.2 Å². The summed E-state index contributed by atoms with van der Waals surface area (Å²) in [5.74, 6) is 2.83. The SMILES string of the molecule is COc1ccc(C2CCNCC2CC(C)C)cc1Cl. The molecule has 2 atom stereocenters. The van der Waals surface area contributed by atoms with Crippen LogP contribution in [0.25, 0.3) is 0 Å². The van der Waals surface area contributed by atoms with Crippen molar-refractivity contribution in [2.45, 2.75) is 32.6 Å². The molecule has 1 aliphatic rings. The van der Waals surface area contributed by atoms with Gasteiger partial charge < -0.3 is 10.1 Å². The summed E-state index contributed by atoms with van der Waals surface area (Å²) >= 11 is 6.26. The average molecular weight is 282 g/mol. The van der Waals surface area contributed by atoms with E-state index < -0.39 is 0 Å². The van der Waals surface area contributed by atoms with Crippen molar-refractivity contribution in [2.24, 2.45) is 11.8 Å². The zero-order valence-electron chi connectivity index (χ0n) is 12.1. The fraction of sp³-hybridized carbons (Fsp3) is 0.625. The lowest BCUT2D eigenvalue weighted by Crippen LogP contribution is -2.36. The molecule has 0 bridgehead atoms. The Morgan fingerprint density at radius 2 is 2.21 bits per heavy atom. The normalized spacial score (nSPS) is 23.6. The number of ether oxygens (including phenoxy) is 1. The van der Waals surface area contributed by atoms with E-state index in [0.717, 1.165) is 29.8 Å². The van der Waals surface area contributed by atoms with Crippen molar-refractivity contribution < 1.29 is 4.74 Å². The lowest BCUT2D eigenvalue weighted by atomic mass is 9.77. The first-order valence-corrected chi connectivity index (χ1v) is 7.53. The molecule has 106 valence electrons. The summed E-state index contributed by atoms with van der Waals surface area (Å²) < 4.78 is 5.23. The molecule has 2 unspecified atom stereocenters. The summed E-state index contributed by atoms with van der Waals surface area (Å²) in [5, 5.41) is 4.24. The minimum absolute atomic E-state index is 0.618. The minimum atomic E-state index is 0.618. The number of rotatable bonds is 4. The molecule has 1 aromatic carbocycles. The standard InChI is InChI=1S/C16H24ClNO/c1-11(2)8-13-10-18-7-6-14(13)12-4-5-16(19-3)15(17)9-12/h4-5,9,11,13-14,18H,6-8,10H2,1-3H3. The third kappa shape index (κ3) is 3.64. The highest BCUT2D eigenvalue weighted by Gasteiger charge is 2.27. The Kier molecular flexibility index (Phi) is 5.12. The Labute approximate surface area is 121 Å². The molecule has 1 aromatic rings. The molecule has 19 heavy (non-hydrogen) atoms. The van der Waals surface area contributed by atoms with Crippen molar-refractivity contribution >= 4 is 11.6 Å². The summed E-state index contributed by atoms with van der Waals surface area (Å²) in [5.41, 5.74) is 1.36. The van der Waals surface area contributed by atoms with Gasteiger partial charge in [-0.1, -0.05) is 31.5 Å². The lowest BCUT2D eigenvalue weighted by molar-refractivity contribution is 0.280. The first-order chi connectivity index (χ1) is 9.11. The van der Waals surface area contributed by atoms with Gasteiger partial charge in [0.25, 0.3) is 0 Å².